The molecule has 1 heterocycles. The van der Waals surface area contributed by atoms with E-state index in [9.17, 15) is 8.42 Å². The van der Waals surface area contributed by atoms with E-state index in [1.807, 2.05) is 12.1 Å². The lowest BCUT2D eigenvalue weighted by atomic mass is 9.95. The van der Waals surface area contributed by atoms with Gasteiger partial charge in [0.05, 0.1) is 7.11 Å². The minimum atomic E-state index is -3.15. The van der Waals surface area contributed by atoms with Gasteiger partial charge < -0.3 is 10.1 Å². The zero-order valence-electron chi connectivity index (χ0n) is 15.9. The number of nitrogens with zero attached hydrogens (tertiary/aromatic N) is 1. The van der Waals surface area contributed by atoms with Crippen LogP contribution in [0.25, 0.3) is 0 Å². The Hall–Kier alpha value is -1.11. The fraction of sp³-hybridized carbons (Fsp3) is 0.684. The minimum absolute atomic E-state index is 0.160. The molecule has 1 aromatic carbocycles. The Morgan fingerprint density at radius 1 is 1.24 bits per heavy atom. The predicted molar refractivity (Wildman–Crippen MR) is 103 cm³/mol. The first-order valence-electron chi connectivity index (χ1n) is 9.15. The average molecular weight is 369 g/mol. The van der Waals surface area contributed by atoms with Crippen LogP contribution in [0.3, 0.4) is 0 Å². The van der Waals surface area contributed by atoms with E-state index in [0.717, 1.165) is 44.6 Å². The highest BCUT2D eigenvalue weighted by Crippen LogP contribution is 2.27. The highest BCUT2D eigenvalue weighted by atomic mass is 32.2. The van der Waals surface area contributed by atoms with Crippen LogP contribution in [0.1, 0.15) is 32.3 Å². The third-order valence-corrected chi connectivity index (χ3v) is 6.71. The van der Waals surface area contributed by atoms with Crippen molar-refractivity contribution in [3.63, 3.8) is 0 Å². The Morgan fingerprint density at radius 3 is 2.32 bits per heavy atom. The maximum atomic E-state index is 12.6. The molecule has 25 heavy (non-hydrogen) atoms. The molecule has 6 heteroatoms. The van der Waals surface area contributed by atoms with Crippen LogP contribution < -0.4 is 10.1 Å². The maximum absolute atomic E-state index is 12.6. The van der Waals surface area contributed by atoms with E-state index in [-0.39, 0.29) is 12.0 Å². The Morgan fingerprint density at radius 2 is 1.84 bits per heavy atom. The molecule has 1 saturated heterocycles. The van der Waals surface area contributed by atoms with Gasteiger partial charge in [0.1, 0.15) is 11.1 Å². The van der Waals surface area contributed by atoms with Crippen molar-refractivity contribution >= 4 is 9.84 Å². The summed E-state index contributed by atoms with van der Waals surface area (Å²) < 4.78 is 30.4. The van der Waals surface area contributed by atoms with Crippen molar-refractivity contribution in [1.82, 2.24) is 10.2 Å². The van der Waals surface area contributed by atoms with Crippen molar-refractivity contribution in [3.05, 3.63) is 29.8 Å². The van der Waals surface area contributed by atoms with Crippen LogP contribution in [0.2, 0.25) is 0 Å². The van der Waals surface area contributed by atoms with Crippen LogP contribution in [0.5, 0.6) is 5.75 Å². The molecule has 2 rings (SSSR count). The number of rotatable bonds is 8. The number of hydrogen-bond donors (Lipinski definition) is 1. The summed E-state index contributed by atoms with van der Waals surface area (Å²) in [5.74, 6) is 1.04. The lowest BCUT2D eigenvalue weighted by Gasteiger charge is -2.40. The first kappa shape index (κ1) is 20.2. The molecule has 0 bridgehead atoms. The summed E-state index contributed by atoms with van der Waals surface area (Å²) in [4.78, 5) is 2.18. The van der Waals surface area contributed by atoms with Crippen molar-refractivity contribution < 1.29 is 13.2 Å². The fourth-order valence-corrected chi connectivity index (χ4v) is 5.78. The molecular weight excluding hydrogens is 336 g/mol. The Labute approximate surface area is 152 Å². The molecule has 0 aliphatic carbocycles. The lowest BCUT2D eigenvalue weighted by molar-refractivity contribution is 0.138. The van der Waals surface area contributed by atoms with E-state index in [1.54, 1.807) is 7.11 Å². The molecule has 2 unspecified atom stereocenters. The zero-order chi connectivity index (χ0) is 18.4. The van der Waals surface area contributed by atoms with E-state index in [4.69, 9.17) is 4.74 Å². The molecule has 0 aromatic heterocycles. The summed E-state index contributed by atoms with van der Waals surface area (Å²) in [6, 6.07) is 8.19. The lowest BCUT2D eigenvalue weighted by Crippen LogP contribution is -2.52. The van der Waals surface area contributed by atoms with E-state index < -0.39 is 15.2 Å². The normalized spacial score (nSPS) is 18.9. The summed E-state index contributed by atoms with van der Waals surface area (Å²) in [7, 11) is -1.49. The molecule has 0 spiro atoms. The van der Waals surface area contributed by atoms with Gasteiger partial charge in [-0.3, -0.25) is 4.90 Å². The van der Waals surface area contributed by atoms with E-state index in [1.165, 1.54) is 11.8 Å². The second-order valence-electron chi connectivity index (χ2n) is 7.04. The van der Waals surface area contributed by atoms with Gasteiger partial charge in [-0.15, -0.1) is 0 Å². The first-order chi connectivity index (χ1) is 11.9. The SMILES string of the molecule is CCN(C(C)Cc1ccc(OC)cc1)C(C1CCNCC1)S(C)(=O)=O. The zero-order valence-corrected chi connectivity index (χ0v) is 16.7. The van der Waals surface area contributed by atoms with Crippen LogP contribution in [-0.4, -0.2) is 57.7 Å². The van der Waals surface area contributed by atoms with Gasteiger partial charge in [0.15, 0.2) is 9.84 Å². The fourth-order valence-electron chi connectivity index (χ4n) is 3.96. The van der Waals surface area contributed by atoms with Crippen LogP contribution in [0, 0.1) is 5.92 Å². The summed E-state index contributed by atoms with van der Waals surface area (Å²) in [6.45, 7) is 6.73. The topological polar surface area (TPSA) is 58.6 Å². The maximum Gasteiger partial charge on any atom is 0.163 e. The first-order valence-corrected chi connectivity index (χ1v) is 11.1. The Bertz CT molecular complexity index is 625. The number of hydrogen-bond acceptors (Lipinski definition) is 5. The number of piperidine rings is 1. The molecule has 5 nitrogen and oxygen atoms in total. The summed E-state index contributed by atoms with van der Waals surface area (Å²) in [5.41, 5.74) is 1.20. The Balaban J connectivity index is 2.17. The number of methoxy groups -OCH3 is 1. The standard InChI is InChI=1S/C19H32N2O3S/c1-5-21(15(2)14-16-6-8-18(24-3)9-7-16)19(25(4,22)23)17-10-12-20-13-11-17/h6-9,15,17,19-20H,5,10-14H2,1-4H3. The molecular formula is C19H32N2O3S. The van der Waals surface area contributed by atoms with Gasteiger partial charge in [-0.1, -0.05) is 19.1 Å². The van der Waals surface area contributed by atoms with Gasteiger partial charge in [0.2, 0.25) is 0 Å². The van der Waals surface area contributed by atoms with Crippen molar-refractivity contribution in [2.45, 2.75) is 44.5 Å². The van der Waals surface area contributed by atoms with E-state index >= 15 is 0 Å². The number of benzene rings is 1. The number of sulfone groups is 1. The molecule has 1 aliphatic heterocycles. The molecule has 1 fully saturated rings. The number of nitrogens with one attached hydrogen (secondary N) is 1. The summed E-state index contributed by atoms with van der Waals surface area (Å²) >= 11 is 0. The molecule has 0 radical (unpaired) electrons. The molecule has 2 atom stereocenters. The molecule has 1 N–H and O–H groups in total. The average Bonchev–Trinajstić information content (AvgIpc) is 2.59. The third kappa shape index (κ3) is 5.43. The summed E-state index contributed by atoms with van der Waals surface area (Å²) in [5, 5.41) is 2.94. The van der Waals surface area contributed by atoms with Gasteiger partial charge >= 0.3 is 0 Å². The molecule has 1 aliphatic rings. The van der Waals surface area contributed by atoms with Crippen LogP contribution in [0.4, 0.5) is 0 Å². The van der Waals surface area contributed by atoms with Gasteiger partial charge in [0.25, 0.3) is 0 Å². The van der Waals surface area contributed by atoms with E-state index in [0.29, 0.717) is 0 Å². The van der Waals surface area contributed by atoms with Crippen molar-refractivity contribution in [2.75, 3.05) is 33.0 Å². The quantitative estimate of drug-likeness (QED) is 0.763. The van der Waals surface area contributed by atoms with Gasteiger partial charge in [-0.2, -0.15) is 0 Å². The largest absolute Gasteiger partial charge is 0.497 e. The van der Waals surface area contributed by atoms with Crippen LogP contribution in [-0.2, 0) is 16.3 Å². The molecule has 142 valence electrons. The molecule has 0 saturated carbocycles. The summed E-state index contributed by atoms with van der Waals surface area (Å²) in [6.07, 6.45) is 4.06. The predicted octanol–water partition coefficient (Wildman–Crippen LogP) is 2.32. The van der Waals surface area contributed by atoms with E-state index in [2.05, 4.69) is 36.2 Å². The van der Waals surface area contributed by atoms with Gasteiger partial charge in [-0.25, -0.2) is 8.42 Å². The highest BCUT2D eigenvalue weighted by Gasteiger charge is 2.37. The number of likely N-dealkylation sites (N-methyl/N-ethyl adjacent to an activating group) is 1. The van der Waals surface area contributed by atoms with Crippen LogP contribution >= 0.6 is 0 Å². The van der Waals surface area contributed by atoms with Crippen molar-refractivity contribution in [1.29, 1.82) is 0 Å². The van der Waals surface area contributed by atoms with Gasteiger partial charge in [0, 0.05) is 12.3 Å². The smallest absolute Gasteiger partial charge is 0.163 e. The minimum Gasteiger partial charge on any atom is -0.497 e. The van der Waals surface area contributed by atoms with Gasteiger partial charge in [-0.05, 0) is 69.4 Å². The second kappa shape index (κ2) is 9.01. The second-order valence-corrected chi connectivity index (χ2v) is 9.18. The molecule has 1 aromatic rings. The third-order valence-electron chi connectivity index (χ3n) is 5.17. The van der Waals surface area contributed by atoms with Crippen molar-refractivity contribution in [2.24, 2.45) is 5.92 Å². The number of ether oxygens (including phenoxy) is 1. The highest BCUT2D eigenvalue weighted by molar-refractivity contribution is 7.91. The Kier molecular flexibility index (Phi) is 7.28. The molecule has 0 amide bonds. The van der Waals surface area contributed by atoms with Crippen LogP contribution in [0.15, 0.2) is 24.3 Å². The van der Waals surface area contributed by atoms with Crippen molar-refractivity contribution in [3.8, 4) is 5.75 Å². The monoisotopic (exact) mass is 368 g/mol.